The summed E-state index contributed by atoms with van der Waals surface area (Å²) in [6.07, 6.45) is 0. The number of sulfonamides is 1. The summed E-state index contributed by atoms with van der Waals surface area (Å²) in [7, 11) is -4.09. The third-order valence-electron chi connectivity index (χ3n) is 4.97. The standard InChI is InChI=1S/C23H19N3O9S/c27-22(24-12-15-4-9-20-21(10-15)35-14-34-20)13-33-23(28)16-5-7-17(8-6-16)25-36(31,32)19-3-1-2-18(11-19)26(29)30/h1-11,25H,12-14H2,(H,24,27). The van der Waals surface area contributed by atoms with Crippen molar-refractivity contribution in [3.63, 3.8) is 0 Å². The topological polar surface area (TPSA) is 163 Å². The summed E-state index contributed by atoms with van der Waals surface area (Å²) < 4.78 is 42.8. The molecule has 0 atom stereocenters. The molecule has 0 aromatic heterocycles. The van der Waals surface area contributed by atoms with E-state index in [0.29, 0.717) is 11.5 Å². The lowest BCUT2D eigenvalue weighted by atomic mass is 10.2. The van der Waals surface area contributed by atoms with Gasteiger partial charge in [-0.1, -0.05) is 12.1 Å². The Morgan fingerprint density at radius 3 is 2.50 bits per heavy atom. The molecule has 0 spiro atoms. The Bertz CT molecular complexity index is 1420. The van der Waals surface area contributed by atoms with Gasteiger partial charge < -0.3 is 19.5 Å². The molecule has 0 radical (unpaired) electrons. The van der Waals surface area contributed by atoms with Gasteiger partial charge in [0.1, 0.15) is 0 Å². The fourth-order valence-electron chi connectivity index (χ4n) is 3.17. The van der Waals surface area contributed by atoms with Crippen LogP contribution in [0.25, 0.3) is 0 Å². The Kier molecular flexibility index (Phi) is 7.01. The number of benzene rings is 3. The molecule has 3 aromatic rings. The average molecular weight is 513 g/mol. The van der Waals surface area contributed by atoms with E-state index in [1.165, 1.54) is 42.5 Å². The lowest BCUT2D eigenvalue weighted by Gasteiger charge is -2.09. The number of ether oxygens (including phenoxy) is 3. The third kappa shape index (κ3) is 5.88. The van der Waals surface area contributed by atoms with E-state index in [0.717, 1.165) is 11.6 Å². The summed E-state index contributed by atoms with van der Waals surface area (Å²) in [6, 6.07) is 15.1. The normalized spacial score (nSPS) is 12.0. The van der Waals surface area contributed by atoms with E-state index in [2.05, 4.69) is 10.0 Å². The zero-order valence-corrected chi connectivity index (χ0v) is 19.3. The fourth-order valence-corrected chi connectivity index (χ4v) is 4.27. The van der Waals surface area contributed by atoms with Gasteiger partial charge in [-0.2, -0.15) is 0 Å². The number of esters is 1. The molecular formula is C23H19N3O9S. The summed E-state index contributed by atoms with van der Waals surface area (Å²) in [5.41, 5.74) is 0.634. The number of fused-ring (bicyclic) bond motifs is 1. The largest absolute Gasteiger partial charge is 0.454 e. The lowest BCUT2D eigenvalue weighted by Crippen LogP contribution is -2.28. The van der Waals surface area contributed by atoms with Crippen LogP contribution >= 0.6 is 0 Å². The summed E-state index contributed by atoms with van der Waals surface area (Å²) in [5, 5.41) is 13.5. The second-order valence-corrected chi connectivity index (χ2v) is 9.16. The van der Waals surface area contributed by atoms with Crippen molar-refractivity contribution in [3.05, 3.63) is 88.0 Å². The number of anilines is 1. The molecule has 13 heteroatoms. The number of carbonyl (C=O) groups excluding carboxylic acids is 2. The third-order valence-corrected chi connectivity index (χ3v) is 6.35. The maximum absolute atomic E-state index is 12.5. The van der Waals surface area contributed by atoms with Gasteiger partial charge in [-0.3, -0.25) is 19.6 Å². The van der Waals surface area contributed by atoms with Gasteiger partial charge in [0.05, 0.1) is 15.4 Å². The quantitative estimate of drug-likeness (QED) is 0.249. The van der Waals surface area contributed by atoms with Crippen LogP contribution in [0.1, 0.15) is 15.9 Å². The number of non-ortho nitro benzene ring substituents is 1. The van der Waals surface area contributed by atoms with Crippen LogP contribution in [0.2, 0.25) is 0 Å². The van der Waals surface area contributed by atoms with Crippen LogP contribution in [0.4, 0.5) is 11.4 Å². The van der Waals surface area contributed by atoms with Gasteiger partial charge in [0.25, 0.3) is 21.6 Å². The number of hydrogen-bond donors (Lipinski definition) is 2. The average Bonchev–Trinajstić information content (AvgIpc) is 3.34. The van der Waals surface area contributed by atoms with Crippen LogP contribution in [0.3, 0.4) is 0 Å². The van der Waals surface area contributed by atoms with E-state index in [9.17, 15) is 28.1 Å². The second kappa shape index (κ2) is 10.3. The molecule has 1 aliphatic rings. The Labute approximate surface area is 205 Å². The van der Waals surface area contributed by atoms with Crippen LogP contribution in [-0.2, 0) is 26.1 Å². The highest BCUT2D eigenvalue weighted by Gasteiger charge is 2.18. The molecule has 1 aliphatic heterocycles. The number of nitro groups is 1. The Hall–Kier alpha value is -4.65. The fraction of sp³-hybridized carbons (Fsp3) is 0.130. The summed E-state index contributed by atoms with van der Waals surface area (Å²) >= 11 is 0. The highest BCUT2D eigenvalue weighted by atomic mass is 32.2. The number of nitrogens with one attached hydrogen (secondary N) is 2. The first-order chi connectivity index (χ1) is 17.2. The minimum Gasteiger partial charge on any atom is -0.454 e. The van der Waals surface area contributed by atoms with E-state index in [-0.39, 0.29) is 35.2 Å². The summed E-state index contributed by atoms with van der Waals surface area (Å²) in [4.78, 5) is 34.2. The van der Waals surface area contributed by atoms with Crippen molar-refractivity contribution in [1.29, 1.82) is 0 Å². The maximum atomic E-state index is 12.5. The Morgan fingerprint density at radius 2 is 1.75 bits per heavy atom. The highest BCUT2D eigenvalue weighted by Crippen LogP contribution is 2.32. The number of nitrogens with zero attached hydrogens (tertiary/aromatic N) is 1. The SMILES string of the molecule is O=C(COC(=O)c1ccc(NS(=O)(=O)c2cccc([N+](=O)[O-])c2)cc1)NCc1ccc2c(c1)OCO2. The van der Waals surface area contributed by atoms with Crippen molar-refractivity contribution in [1.82, 2.24) is 5.32 Å². The van der Waals surface area contributed by atoms with Crippen molar-refractivity contribution in [2.24, 2.45) is 0 Å². The minimum absolute atomic E-state index is 0.0943. The molecule has 1 amide bonds. The molecule has 0 bridgehead atoms. The van der Waals surface area contributed by atoms with Crippen molar-refractivity contribution >= 4 is 33.3 Å². The number of hydrogen-bond acceptors (Lipinski definition) is 9. The van der Waals surface area contributed by atoms with Crippen LogP contribution in [0, 0.1) is 10.1 Å². The molecule has 0 aliphatic carbocycles. The predicted octanol–water partition coefficient (Wildman–Crippen LogP) is 2.60. The molecule has 0 unspecified atom stereocenters. The number of rotatable bonds is 9. The Balaban J connectivity index is 1.28. The highest BCUT2D eigenvalue weighted by molar-refractivity contribution is 7.92. The number of nitro benzene ring substituents is 1. The van der Waals surface area contributed by atoms with Gasteiger partial charge in [-0.25, -0.2) is 13.2 Å². The second-order valence-electron chi connectivity index (χ2n) is 7.48. The molecule has 3 aromatic carbocycles. The van der Waals surface area contributed by atoms with Crippen LogP contribution in [-0.4, -0.2) is 38.6 Å². The molecule has 12 nitrogen and oxygen atoms in total. The Morgan fingerprint density at radius 1 is 1.00 bits per heavy atom. The summed E-state index contributed by atoms with van der Waals surface area (Å²) in [6.45, 7) is -0.164. The first-order valence-corrected chi connectivity index (χ1v) is 11.9. The molecule has 4 rings (SSSR count). The van der Waals surface area contributed by atoms with Gasteiger partial charge >= 0.3 is 5.97 Å². The lowest BCUT2D eigenvalue weighted by molar-refractivity contribution is -0.385. The van der Waals surface area contributed by atoms with E-state index in [1.807, 2.05) is 0 Å². The first kappa shape index (κ1) is 24.5. The van der Waals surface area contributed by atoms with E-state index in [4.69, 9.17) is 14.2 Å². The summed E-state index contributed by atoms with van der Waals surface area (Å²) in [5.74, 6) is -0.0745. The van der Waals surface area contributed by atoms with Gasteiger partial charge in [-0.05, 0) is 48.0 Å². The van der Waals surface area contributed by atoms with Crippen molar-refractivity contribution in [3.8, 4) is 11.5 Å². The molecule has 0 saturated heterocycles. The predicted molar refractivity (Wildman–Crippen MR) is 125 cm³/mol. The molecule has 1 heterocycles. The van der Waals surface area contributed by atoms with Gasteiger partial charge in [-0.15, -0.1) is 0 Å². The molecule has 36 heavy (non-hydrogen) atoms. The van der Waals surface area contributed by atoms with Gasteiger partial charge in [0, 0.05) is 24.4 Å². The smallest absolute Gasteiger partial charge is 0.338 e. The van der Waals surface area contributed by atoms with Gasteiger partial charge in [0.15, 0.2) is 18.1 Å². The molecule has 2 N–H and O–H groups in total. The number of carbonyl (C=O) groups is 2. The first-order valence-electron chi connectivity index (χ1n) is 10.4. The maximum Gasteiger partial charge on any atom is 0.338 e. The van der Waals surface area contributed by atoms with E-state index < -0.39 is 33.4 Å². The molecule has 0 fully saturated rings. The van der Waals surface area contributed by atoms with Gasteiger partial charge in [0.2, 0.25) is 6.79 Å². The van der Waals surface area contributed by atoms with Crippen LogP contribution in [0.15, 0.2) is 71.6 Å². The van der Waals surface area contributed by atoms with Crippen molar-refractivity contribution in [2.75, 3.05) is 18.1 Å². The zero-order chi connectivity index (χ0) is 25.7. The molecular weight excluding hydrogens is 494 g/mol. The van der Waals surface area contributed by atoms with E-state index >= 15 is 0 Å². The van der Waals surface area contributed by atoms with E-state index in [1.54, 1.807) is 18.2 Å². The van der Waals surface area contributed by atoms with Crippen molar-refractivity contribution < 1.29 is 37.1 Å². The van der Waals surface area contributed by atoms with Crippen LogP contribution in [0.5, 0.6) is 11.5 Å². The number of amides is 1. The molecule has 186 valence electrons. The minimum atomic E-state index is -4.09. The van der Waals surface area contributed by atoms with Crippen molar-refractivity contribution in [2.45, 2.75) is 11.4 Å². The zero-order valence-electron chi connectivity index (χ0n) is 18.5. The molecule has 0 saturated carbocycles. The van der Waals surface area contributed by atoms with Crippen LogP contribution < -0.4 is 19.5 Å². The monoisotopic (exact) mass is 513 g/mol.